The largest absolute Gasteiger partial charge is 0.335 e. The topological polar surface area (TPSA) is 0 Å². The molecule has 8 unspecified atom stereocenters. The second-order valence-corrected chi connectivity index (χ2v) is 9.01. The Bertz CT molecular complexity index is 272. The molecule has 8 atom stereocenters. The van der Waals surface area contributed by atoms with Crippen molar-refractivity contribution in [3.05, 3.63) is 6.42 Å². The van der Waals surface area contributed by atoms with Crippen LogP contribution in [0.2, 0.25) is 0 Å². The fourth-order valence-electron chi connectivity index (χ4n) is 5.61. The summed E-state index contributed by atoms with van der Waals surface area (Å²) < 4.78 is 0. The summed E-state index contributed by atoms with van der Waals surface area (Å²) in [6.07, 6.45) is 3.49. The monoisotopic (exact) mass is 485 g/mol. The molecular formula is C22H43Y2-. The number of hydrogen-bond donors (Lipinski definition) is 0. The molecule has 2 saturated carbocycles. The maximum absolute atomic E-state index is 2.52. The van der Waals surface area contributed by atoms with Crippen molar-refractivity contribution in [2.45, 2.75) is 75.7 Å². The molecule has 0 saturated heterocycles. The van der Waals surface area contributed by atoms with E-state index in [1.165, 1.54) is 6.42 Å². The van der Waals surface area contributed by atoms with Gasteiger partial charge in [0.1, 0.15) is 0 Å². The van der Waals surface area contributed by atoms with Crippen molar-refractivity contribution < 1.29 is 65.4 Å². The average Bonchev–Trinajstić information content (AvgIpc) is 2.77. The van der Waals surface area contributed by atoms with Gasteiger partial charge < -0.3 is 6.42 Å². The Labute approximate surface area is 204 Å². The first-order valence-corrected chi connectivity index (χ1v) is 9.92. The zero-order valence-corrected chi connectivity index (χ0v) is 23.9. The molecule has 2 heteroatoms. The van der Waals surface area contributed by atoms with Gasteiger partial charge >= 0.3 is 0 Å². The van der Waals surface area contributed by atoms with Crippen molar-refractivity contribution in [3.8, 4) is 0 Å². The molecule has 2 aliphatic carbocycles. The van der Waals surface area contributed by atoms with E-state index >= 15 is 0 Å². The molecule has 2 rings (SSSR count). The van der Waals surface area contributed by atoms with Crippen molar-refractivity contribution >= 4 is 0 Å². The standard InChI is InChI=1S/C19H36.C3H7.2Y/c1-10-11(2)15(6)18(14(10)5)9-19-16(7)12(3)13(4)17(19)8;1-3-2;;/h10-19H,9H2,1-8H3;3H,1-2H3;;/q;-1;;. The Kier molecular flexibility index (Phi) is 14.9. The molecule has 0 heterocycles. The second kappa shape index (κ2) is 12.6. The van der Waals surface area contributed by atoms with E-state index < -0.39 is 0 Å². The molecule has 2 aliphatic rings. The van der Waals surface area contributed by atoms with Gasteiger partial charge in [-0.3, -0.25) is 0 Å². The Morgan fingerprint density at radius 1 is 0.458 bits per heavy atom. The number of rotatable bonds is 2. The van der Waals surface area contributed by atoms with Crippen molar-refractivity contribution in [1.82, 2.24) is 0 Å². The molecule has 0 aromatic carbocycles. The van der Waals surface area contributed by atoms with E-state index in [0.717, 1.165) is 59.2 Å². The van der Waals surface area contributed by atoms with E-state index in [2.05, 4.69) is 55.4 Å². The van der Waals surface area contributed by atoms with E-state index in [1.807, 2.05) is 20.3 Å². The van der Waals surface area contributed by atoms with Gasteiger partial charge in [-0.2, -0.15) is 13.8 Å². The van der Waals surface area contributed by atoms with Crippen LogP contribution in [0.3, 0.4) is 0 Å². The van der Waals surface area contributed by atoms with Crippen LogP contribution in [-0.4, -0.2) is 0 Å². The molecule has 0 amide bonds. The van der Waals surface area contributed by atoms with Crippen molar-refractivity contribution in [3.63, 3.8) is 0 Å². The van der Waals surface area contributed by atoms with Crippen LogP contribution in [0.25, 0.3) is 0 Å². The van der Waals surface area contributed by atoms with Crippen molar-refractivity contribution in [2.24, 2.45) is 59.2 Å². The van der Waals surface area contributed by atoms with E-state index in [9.17, 15) is 0 Å². The predicted molar refractivity (Wildman–Crippen MR) is 101 cm³/mol. The summed E-state index contributed by atoms with van der Waals surface area (Å²) in [5.41, 5.74) is 0. The van der Waals surface area contributed by atoms with Crippen LogP contribution in [0, 0.1) is 65.6 Å². The Balaban J connectivity index is 0. The molecule has 2 radical (unpaired) electrons. The minimum Gasteiger partial charge on any atom is -0.335 e. The summed E-state index contributed by atoms with van der Waals surface area (Å²) in [4.78, 5) is 0. The fourth-order valence-corrected chi connectivity index (χ4v) is 5.61. The first-order chi connectivity index (χ1) is 10.2. The quantitative estimate of drug-likeness (QED) is 0.372. The van der Waals surface area contributed by atoms with Gasteiger partial charge in [-0.25, -0.2) is 0 Å². The van der Waals surface area contributed by atoms with Gasteiger partial charge in [0.25, 0.3) is 0 Å². The smallest absolute Gasteiger partial charge is 0 e. The van der Waals surface area contributed by atoms with Gasteiger partial charge in [0.2, 0.25) is 0 Å². The van der Waals surface area contributed by atoms with Gasteiger partial charge in [0.05, 0.1) is 0 Å². The summed E-state index contributed by atoms with van der Waals surface area (Å²) in [5, 5.41) is 0. The molecular weight excluding hydrogens is 442 g/mol. The van der Waals surface area contributed by atoms with Crippen LogP contribution in [0.5, 0.6) is 0 Å². The normalized spacial score (nSPS) is 47.2. The summed E-state index contributed by atoms with van der Waals surface area (Å²) in [6.45, 7) is 24.0. The van der Waals surface area contributed by atoms with Gasteiger partial charge in [0.15, 0.2) is 0 Å². The van der Waals surface area contributed by atoms with Gasteiger partial charge in [0, 0.05) is 65.4 Å². The molecule has 0 aliphatic heterocycles. The van der Waals surface area contributed by atoms with Crippen LogP contribution in [0.15, 0.2) is 0 Å². The molecule has 0 bridgehead atoms. The van der Waals surface area contributed by atoms with Crippen molar-refractivity contribution in [1.29, 1.82) is 0 Å². The Hall–Kier alpha value is 2.21. The van der Waals surface area contributed by atoms with E-state index in [-0.39, 0.29) is 65.4 Å². The first-order valence-electron chi connectivity index (χ1n) is 9.92. The maximum atomic E-state index is 2.52. The average molecular weight is 485 g/mol. The molecule has 2 fully saturated rings. The van der Waals surface area contributed by atoms with Crippen LogP contribution in [0.4, 0.5) is 0 Å². The van der Waals surface area contributed by atoms with Gasteiger partial charge in [-0.15, -0.1) is 0 Å². The Morgan fingerprint density at radius 3 is 0.792 bits per heavy atom. The minimum atomic E-state index is 0. The summed E-state index contributed by atoms with van der Waals surface area (Å²) in [7, 11) is 0. The third kappa shape index (κ3) is 6.11. The fraction of sp³-hybridized carbons (Fsp3) is 0.955. The Morgan fingerprint density at radius 2 is 0.625 bits per heavy atom. The maximum Gasteiger partial charge on any atom is 0 e. The first kappa shape index (κ1) is 28.4. The molecule has 0 N–H and O–H groups in total. The molecule has 138 valence electrons. The van der Waals surface area contributed by atoms with Crippen LogP contribution >= 0.6 is 0 Å². The zero-order chi connectivity index (χ0) is 17.2. The SMILES string of the molecule is CC1C(C)C(C)C(CC2C(C)C(C)C(C)C2C)C1C.C[CH-]C.[Y].[Y]. The van der Waals surface area contributed by atoms with Crippen molar-refractivity contribution in [2.75, 3.05) is 0 Å². The summed E-state index contributed by atoms with van der Waals surface area (Å²) >= 11 is 0. The second-order valence-electron chi connectivity index (χ2n) is 9.01. The molecule has 0 spiro atoms. The summed E-state index contributed by atoms with van der Waals surface area (Å²) in [5.74, 6) is 9.32. The van der Waals surface area contributed by atoms with E-state index in [4.69, 9.17) is 0 Å². The van der Waals surface area contributed by atoms with Crippen LogP contribution in [0.1, 0.15) is 75.7 Å². The van der Waals surface area contributed by atoms with Gasteiger partial charge in [-0.05, 0) is 65.6 Å². The molecule has 0 aromatic heterocycles. The molecule has 0 nitrogen and oxygen atoms in total. The molecule has 24 heavy (non-hydrogen) atoms. The third-order valence-corrected chi connectivity index (χ3v) is 8.22. The minimum absolute atomic E-state index is 0. The third-order valence-electron chi connectivity index (χ3n) is 8.22. The zero-order valence-electron chi connectivity index (χ0n) is 18.2. The van der Waals surface area contributed by atoms with E-state index in [0.29, 0.717) is 0 Å². The number of hydrogen-bond acceptors (Lipinski definition) is 0. The van der Waals surface area contributed by atoms with Crippen LogP contribution in [-0.2, 0) is 65.4 Å². The van der Waals surface area contributed by atoms with Crippen LogP contribution < -0.4 is 0 Å². The van der Waals surface area contributed by atoms with E-state index in [1.54, 1.807) is 0 Å². The summed E-state index contributed by atoms with van der Waals surface area (Å²) in [6, 6.07) is 0. The van der Waals surface area contributed by atoms with Gasteiger partial charge in [-0.1, -0.05) is 55.4 Å². The molecule has 0 aromatic rings. The predicted octanol–water partition coefficient (Wildman–Crippen LogP) is 6.95.